The summed E-state index contributed by atoms with van der Waals surface area (Å²) < 4.78 is 6.20. The zero-order valence-electron chi connectivity index (χ0n) is 23.3. The van der Waals surface area contributed by atoms with Crippen LogP contribution in [0.4, 0.5) is 0 Å². The first-order chi connectivity index (χ1) is 17.0. The summed E-state index contributed by atoms with van der Waals surface area (Å²) in [5.74, 6) is 1.80. The Morgan fingerprint density at radius 1 is 0.472 bits per heavy atom. The van der Waals surface area contributed by atoms with E-state index in [1.807, 2.05) is 6.07 Å². The van der Waals surface area contributed by atoms with Crippen LogP contribution in [-0.2, 0) is 18.3 Å². The van der Waals surface area contributed by atoms with Gasteiger partial charge in [-0.1, -0.05) is 62.4 Å². The van der Waals surface area contributed by atoms with Gasteiger partial charge in [0.2, 0.25) is 0 Å². The summed E-state index contributed by atoms with van der Waals surface area (Å²) in [7, 11) is 0. The van der Waals surface area contributed by atoms with E-state index < -0.39 is 0 Å². The highest BCUT2D eigenvalue weighted by atomic mass is 16.5. The van der Waals surface area contributed by atoms with Crippen LogP contribution in [0.1, 0.15) is 69.5 Å². The van der Waals surface area contributed by atoms with Gasteiger partial charge in [0.05, 0.1) is 0 Å². The molecule has 0 saturated carbocycles. The smallest absolute Gasteiger partial charge is 0.127 e. The fourth-order valence-electron chi connectivity index (χ4n) is 4.83. The maximum atomic E-state index is 6.20. The van der Waals surface area contributed by atoms with Gasteiger partial charge in [-0.2, -0.15) is 0 Å². The first-order valence-corrected chi connectivity index (χ1v) is 13.1. The number of hydrogen-bond acceptors (Lipinski definition) is 1. The van der Waals surface area contributed by atoms with Gasteiger partial charge >= 0.3 is 0 Å². The maximum absolute atomic E-state index is 6.20. The third kappa shape index (κ3) is 5.57. The second-order valence-electron chi connectivity index (χ2n) is 11.0. The average molecular weight is 477 g/mol. The molecule has 0 atom stereocenters. The molecule has 0 N–H and O–H groups in total. The molecule has 1 heteroatoms. The van der Waals surface area contributed by atoms with Crippen LogP contribution >= 0.6 is 0 Å². The standard InChI is InChI=1S/C35H40O/c1-23-9-15-31(19-26(23)4)35(7,8)32-16-14-29(28(6)20-32)12-13-30-22-34(18-11-25(30)3)36-33-17-10-24(2)27(5)21-33/h9-11,14-22H,12-13H2,1-8H3. The lowest BCUT2D eigenvalue weighted by atomic mass is 9.76. The molecule has 0 aliphatic heterocycles. The van der Waals surface area contributed by atoms with E-state index in [0.717, 1.165) is 24.3 Å². The van der Waals surface area contributed by atoms with Crippen molar-refractivity contribution in [2.75, 3.05) is 0 Å². The maximum Gasteiger partial charge on any atom is 0.127 e. The molecule has 0 unspecified atom stereocenters. The van der Waals surface area contributed by atoms with Crippen molar-refractivity contribution in [2.45, 2.75) is 73.6 Å². The van der Waals surface area contributed by atoms with E-state index in [-0.39, 0.29) is 5.41 Å². The largest absolute Gasteiger partial charge is 0.457 e. The van der Waals surface area contributed by atoms with E-state index in [1.54, 1.807) is 0 Å². The molecular formula is C35H40O. The van der Waals surface area contributed by atoms with Crippen molar-refractivity contribution in [1.82, 2.24) is 0 Å². The Morgan fingerprint density at radius 3 is 1.58 bits per heavy atom. The minimum absolute atomic E-state index is 0.0294. The lowest BCUT2D eigenvalue weighted by Crippen LogP contribution is -2.19. The third-order valence-corrected chi connectivity index (χ3v) is 7.99. The topological polar surface area (TPSA) is 9.23 Å². The molecule has 0 fully saturated rings. The van der Waals surface area contributed by atoms with Crippen LogP contribution in [0.5, 0.6) is 11.5 Å². The second-order valence-corrected chi connectivity index (χ2v) is 11.0. The van der Waals surface area contributed by atoms with Crippen LogP contribution in [0.3, 0.4) is 0 Å². The zero-order chi connectivity index (χ0) is 26.0. The van der Waals surface area contributed by atoms with Crippen LogP contribution in [0.15, 0.2) is 72.8 Å². The number of aryl methyl sites for hydroxylation is 8. The van der Waals surface area contributed by atoms with Crippen molar-refractivity contribution < 1.29 is 4.74 Å². The van der Waals surface area contributed by atoms with Gasteiger partial charge in [-0.05, 0) is 134 Å². The SMILES string of the molecule is Cc1ccc(Oc2ccc(C)c(CCc3ccc(C(C)(C)c4ccc(C)c(C)c4)cc3C)c2)cc1C. The van der Waals surface area contributed by atoms with Gasteiger partial charge in [0, 0.05) is 5.41 Å². The van der Waals surface area contributed by atoms with Gasteiger partial charge in [-0.25, -0.2) is 0 Å². The van der Waals surface area contributed by atoms with E-state index in [4.69, 9.17) is 4.74 Å². The summed E-state index contributed by atoms with van der Waals surface area (Å²) >= 11 is 0. The highest BCUT2D eigenvalue weighted by Crippen LogP contribution is 2.34. The van der Waals surface area contributed by atoms with Gasteiger partial charge in [0.15, 0.2) is 0 Å². The monoisotopic (exact) mass is 476 g/mol. The minimum atomic E-state index is -0.0294. The first-order valence-electron chi connectivity index (χ1n) is 13.1. The van der Waals surface area contributed by atoms with Crippen LogP contribution in [0, 0.1) is 41.5 Å². The molecule has 0 bridgehead atoms. The van der Waals surface area contributed by atoms with Crippen LogP contribution in [0.2, 0.25) is 0 Å². The summed E-state index contributed by atoms with van der Waals surface area (Å²) in [5, 5.41) is 0. The molecular weight excluding hydrogens is 436 g/mol. The summed E-state index contributed by atoms with van der Waals surface area (Å²) in [6.07, 6.45) is 2.01. The molecule has 4 rings (SSSR count). The van der Waals surface area contributed by atoms with E-state index in [2.05, 4.69) is 122 Å². The summed E-state index contributed by atoms with van der Waals surface area (Å²) in [4.78, 5) is 0. The van der Waals surface area contributed by atoms with Gasteiger partial charge in [0.1, 0.15) is 11.5 Å². The van der Waals surface area contributed by atoms with E-state index in [1.165, 1.54) is 55.6 Å². The molecule has 0 amide bonds. The Balaban J connectivity index is 1.50. The molecule has 36 heavy (non-hydrogen) atoms. The van der Waals surface area contributed by atoms with Gasteiger partial charge < -0.3 is 4.74 Å². The Bertz CT molecular complexity index is 1390. The molecule has 1 nitrogen and oxygen atoms in total. The predicted octanol–water partition coefficient (Wildman–Crippen LogP) is 9.44. The third-order valence-electron chi connectivity index (χ3n) is 7.99. The highest BCUT2D eigenvalue weighted by Gasteiger charge is 2.24. The number of ether oxygens (including phenoxy) is 1. The summed E-state index contributed by atoms with van der Waals surface area (Å²) in [6.45, 7) is 17.7. The van der Waals surface area contributed by atoms with Gasteiger partial charge in [0.25, 0.3) is 0 Å². The predicted molar refractivity (Wildman–Crippen MR) is 154 cm³/mol. The zero-order valence-corrected chi connectivity index (χ0v) is 23.3. The van der Waals surface area contributed by atoms with Gasteiger partial charge in [-0.3, -0.25) is 0 Å². The van der Waals surface area contributed by atoms with Crippen LogP contribution < -0.4 is 4.74 Å². The molecule has 4 aromatic rings. The molecule has 0 aliphatic rings. The van der Waals surface area contributed by atoms with Gasteiger partial charge in [-0.15, -0.1) is 0 Å². The quantitative estimate of drug-likeness (QED) is 0.258. The van der Waals surface area contributed by atoms with E-state index in [0.29, 0.717) is 0 Å². The number of rotatable bonds is 7. The van der Waals surface area contributed by atoms with E-state index >= 15 is 0 Å². The highest BCUT2D eigenvalue weighted by molar-refractivity contribution is 5.45. The second kappa shape index (κ2) is 10.3. The molecule has 0 radical (unpaired) electrons. The average Bonchev–Trinajstić information content (AvgIpc) is 2.84. The fraction of sp³-hybridized carbons (Fsp3) is 0.314. The lowest BCUT2D eigenvalue weighted by Gasteiger charge is -2.28. The molecule has 0 heterocycles. The Morgan fingerprint density at radius 2 is 0.972 bits per heavy atom. The van der Waals surface area contributed by atoms with Crippen molar-refractivity contribution in [3.8, 4) is 11.5 Å². The van der Waals surface area contributed by atoms with Crippen molar-refractivity contribution >= 4 is 0 Å². The molecule has 186 valence electrons. The Hall–Kier alpha value is -3.32. The molecule has 0 saturated heterocycles. The van der Waals surface area contributed by atoms with Crippen molar-refractivity contribution in [1.29, 1.82) is 0 Å². The minimum Gasteiger partial charge on any atom is -0.457 e. The lowest BCUT2D eigenvalue weighted by molar-refractivity contribution is 0.481. The molecule has 0 spiro atoms. The molecule has 0 aromatic heterocycles. The Labute approximate surface area is 218 Å². The number of benzene rings is 4. The molecule has 0 aliphatic carbocycles. The Kier molecular flexibility index (Phi) is 7.41. The van der Waals surface area contributed by atoms with E-state index in [9.17, 15) is 0 Å². The van der Waals surface area contributed by atoms with Crippen LogP contribution in [-0.4, -0.2) is 0 Å². The molecule has 4 aromatic carbocycles. The van der Waals surface area contributed by atoms with Crippen molar-refractivity contribution in [3.05, 3.63) is 128 Å². The van der Waals surface area contributed by atoms with Crippen molar-refractivity contribution in [3.63, 3.8) is 0 Å². The van der Waals surface area contributed by atoms with Crippen LogP contribution in [0.25, 0.3) is 0 Å². The fourth-order valence-corrected chi connectivity index (χ4v) is 4.83. The first kappa shape index (κ1) is 25.8. The number of hydrogen-bond donors (Lipinski definition) is 0. The summed E-state index contributed by atoms with van der Waals surface area (Å²) in [5.41, 5.74) is 13.4. The summed E-state index contributed by atoms with van der Waals surface area (Å²) in [6, 6.07) is 26.6. The normalized spacial score (nSPS) is 11.6. The van der Waals surface area contributed by atoms with Crippen molar-refractivity contribution in [2.24, 2.45) is 0 Å².